The van der Waals surface area contributed by atoms with E-state index in [1.807, 2.05) is 0 Å². The Morgan fingerprint density at radius 3 is 2.38 bits per heavy atom. The SMILES string of the molecule is COc1c(-c2ccncc2)cccc1S(=O)(=O)N[C@@H](CNC(=O)c1ccc(Cl)s1)C(=O)N1CCN(C(C)C)CC1. The minimum Gasteiger partial charge on any atom is -0.495 e. The van der Waals surface area contributed by atoms with Crippen molar-refractivity contribution in [3.8, 4) is 16.9 Å². The Hall–Kier alpha value is -3.03. The second-order valence-electron chi connectivity index (χ2n) is 9.52. The lowest BCUT2D eigenvalue weighted by Crippen LogP contribution is -2.58. The zero-order valence-corrected chi connectivity index (χ0v) is 24.9. The molecule has 2 aromatic heterocycles. The van der Waals surface area contributed by atoms with Crippen molar-refractivity contribution < 1.29 is 22.7 Å². The van der Waals surface area contributed by atoms with Gasteiger partial charge < -0.3 is 15.0 Å². The molecule has 1 saturated heterocycles. The molecule has 1 fully saturated rings. The predicted octanol–water partition coefficient (Wildman–Crippen LogP) is 3.10. The normalized spacial score (nSPS) is 15.2. The number of thiophene rings is 1. The molecule has 40 heavy (non-hydrogen) atoms. The molecular formula is C27H32ClN5O5S2. The maximum absolute atomic E-state index is 13.7. The molecule has 0 spiro atoms. The Bertz CT molecular complexity index is 1440. The largest absolute Gasteiger partial charge is 0.495 e. The van der Waals surface area contributed by atoms with Crippen LogP contribution in [0.2, 0.25) is 4.34 Å². The Kier molecular flexibility index (Phi) is 9.80. The number of para-hydroxylation sites is 1. The fourth-order valence-electron chi connectivity index (χ4n) is 4.52. The van der Waals surface area contributed by atoms with Crippen LogP contribution >= 0.6 is 22.9 Å². The molecule has 1 atom stereocenters. The lowest BCUT2D eigenvalue weighted by molar-refractivity contribution is -0.134. The molecule has 0 unspecified atom stereocenters. The zero-order valence-electron chi connectivity index (χ0n) is 22.5. The van der Waals surface area contributed by atoms with Gasteiger partial charge in [-0.25, -0.2) is 8.42 Å². The maximum Gasteiger partial charge on any atom is 0.261 e. The Labute approximate surface area is 243 Å². The van der Waals surface area contributed by atoms with Gasteiger partial charge in [0.25, 0.3) is 5.91 Å². The van der Waals surface area contributed by atoms with Gasteiger partial charge in [-0.2, -0.15) is 4.72 Å². The van der Waals surface area contributed by atoms with Crippen molar-refractivity contribution in [3.05, 3.63) is 64.1 Å². The summed E-state index contributed by atoms with van der Waals surface area (Å²) in [4.78, 5) is 34.5. The summed E-state index contributed by atoms with van der Waals surface area (Å²) in [5, 5.41) is 2.69. The maximum atomic E-state index is 13.7. The fraction of sp³-hybridized carbons (Fsp3) is 0.370. The summed E-state index contributed by atoms with van der Waals surface area (Å²) in [7, 11) is -2.88. The van der Waals surface area contributed by atoms with E-state index in [4.69, 9.17) is 16.3 Å². The number of carbonyl (C=O) groups is 2. The van der Waals surface area contributed by atoms with Crippen molar-refractivity contribution >= 4 is 44.8 Å². The molecule has 2 N–H and O–H groups in total. The molecule has 0 bridgehead atoms. The van der Waals surface area contributed by atoms with Crippen molar-refractivity contribution in [1.82, 2.24) is 24.8 Å². The topological polar surface area (TPSA) is 121 Å². The number of nitrogens with zero attached hydrogens (tertiary/aromatic N) is 3. The molecule has 3 heterocycles. The van der Waals surface area contributed by atoms with Crippen molar-refractivity contribution in [3.63, 3.8) is 0 Å². The highest BCUT2D eigenvalue weighted by Crippen LogP contribution is 2.35. The number of benzene rings is 1. The van der Waals surface area contributed by atoms with Crippen LogP contribution in [0.15, 0.2) is 59.8 Å². The Morgan fingerprint density at radius 2 is 1.77 bits per heavy atom. The van der Waals surface area contributed by atoms with Crippen molar-refractivity contribution in [2.45, 2.75) is 30.8 Å². The van der Waals surface area contributed by atoms with E-state index in [1.54, 1.807) is 53.7 Å². The van der Waals surface area contributed by atoms with Crippen LogP contribution in [0.25, 0.3) is 11.1 Å². The van der Waals surface area contributed by atoms with E-state index in [0.717, 1.165) is 16.9 Å². The summed E-state index contributed by atoms with van der Waals surface area (Å²) in [6, 6.07) is 10.5. The highest BCUT2D eigenvalue weighted by Gasteiger charge is 2.33. The van der Waals surface area contributed by atoms with Gasteiger partial charge in [0.05, 0.1) is 16.3 Å². The standard InChI is InChI=1S/C27H32ClN5O5S2/c1-18(2)32-13-15-33(16-14-32)27(35)21(17-30-26(34)22-7-8-24(28)39-22)31-40(36,37)23-6-4-5-20(25(23)38-3)19-9-11-29-12-10-19/h4-12,18,21,31H,13-17H2,1-3H3,(H,30,34)/t21-/m0/s1. The Morgan fingerprint density at radius 1 is 1.07 bits per heavy atom. The number of piperazine rings is 1. The van der Waals surface area contributed by atoms with Crippen LogP contribution in [0.1, 0.15) is 23.5 Å². The number of aromatic nitrogens is 1. The van der Waals surface area contributed by atoms with E-state index >= 15 is 0 Å². The predicted molar refractivity (Wildman–Crippen MR) is 155 cm³/mol. The monoisotopic (exact) mass is 605 g/mol. The minimum atomic E-state index is -4.27. The molecule has 1 aliphatic rings. The average Bonchev–Trinajstić information content (AvgIpc) is 3.41. The van der Waals surface area contributed by atoms with Gasteiger partial charge in [-0.15, -0.1) is 11.3 Å². The van der Waals surface area contributed by atoms with E-state index in [0.29, 0.717) is 47.0 Å². The molecule has 1 aromatic carbocycles. The number of carbonyl (C=O) groups excluding carboxylic acids is 2. The third kappa shape index (κ3) is 6.99. The highest BCUT2D eigenvalue weighted by atomic mass is 35.5. The summed E-state index contributed by atoms with van der Waals surface area (Å²) in [5.74, 6) is -0.730. The number of halogens is 1. The number of methoxy groups -OCH3 is 1. The first kappa shape index (κ1) is 29.9. The van der Waals surface area contributed by atoms with E-state index in [9.17, 15) is 18.0 Å². The molecule has 13 heteroatoms. The quantitative estimate of drug-likeness (QED) is 0.364. The third-order valence-corrected chi connectivity index (χ3v) is 9.40. The lowest BCUT2D eigenvalue weighted by Gasteiger charge is -2.38. The number of sulfonamides is 1. The zero-order chi connectivity index (χ0) is 28.9. The number of rotatable bonds is 10. The summed E-state index contributed by atoms with van der Waals surface area (Å²) < 4.78 is 36.0. The number of amides is 2. The van der Waals surface area contributed by atoms with Crippen LogP contribution in [0.5, 0.6) is 5.75 Å². The highest BCUT2D eigenvalue weighted by molar-refractivity contribution is 7.89. The van der Waals surface area contributed by atoms with E-state index in [2.05, 4.69) is 33.8 Å². The van der Waals surface area contributed by atoms with Gasteiger partial charge in [0.1, 0.15) is 16.7 Å². The fourth-order valence-corrected chi connectivity index (χ4v) is 6.86. The first-order chi connectivity index (χ1) is 19.1. The van der Waals surface area contributed by atoms with Crippen LogP contribution in [0.3, 0.4) is 0 Å². The molecule has 0 saturated carbocycles. The van der Waals surface area contributed by atoms with Crippen molar-refractivity contribution in [2.24, 2.45) is 0 Å². The van der Waals surface area contributed by atoms with Crippen LogP contribution in [-0.4, -0.2) is 86.9 Å². The van der Waals surface area contributed by atoms with Gasteiger partial charge in [0.2, 0.25) is 15.9 Å². The minimum absolute atomic E-state index is 0.122. The van der Waals surface area contributed by atoms with E-state index in [1.165, 1.54) is 13.2 Å². The van der Waals surface area contributed by atoms with Gasteiger partial charge in [-0.3, -0.25) is 19.5 Å². The van der Waals surface area contributed by atoms with Crippen LogP contribution in [-0.2, 0) is 14.8 Å². The first-order valence-corrected chi connectivity index (χ1v) is 15.4. The van der Waals surface area contributed by atoms with Gasteiger partial charge in [0.15, 0.2) is 0 Å². The number of hydrogen-bond donors (Lipinski definition) is 2. The third-order valence-electron chi connectivity index (χ3n) is 6.68. The molecule has 1 aliphatic heterocycles. The van der Waals surface area contributed by atoms with E-state index < -0.39 is 27.9 Å². The van der Waals surface area contributed by atoms with Gasteiger partial charge in [0, 0.05) is 56.7 Å². The summed E-state index contributed by atoms with van der Waals surface area (Å²) in [6.45, 7) is 6.18. The van der Waals surface area contributed by atoms with Crippen LogP contribution in [0, 0.1) is 0 Å². The van der Waals surface area contributed by atoms with Crippen LogP contribution < -0.4 is 14.8 Å². The first-order valence-electron chi connectivity index (χ1n) is 12.8. The summed E-state index contributed by atoms with van der Waals surface area (Å²) >= 11 is 7.05. The second kappa shape index (κ2) is 13.1. The van der Waals surface area contributed by atoms with Gasteiger partial charge in [-0.1, -0.05) is 23.7 Å². The van der Waals surface area contributed by atoms with Gasteiger partial charge >= 0.3 is 0 Å². The molecule has 214 valence electrons. The molecule has 0 aliphatic carbocycles. The summed E-state index contributed by atoms with van der Waals surface area (Å²) in [6.07, 6.45) is 3.21. The van der Waals surface area contributed by atoms with E-state index in [-0.39, 0.29) is 17.2 Å². The average molecular weight is 606 g/mol. The van der Waals surface area contributed by atoms with Crippen molar-refractivity contribution in [1.29, 1.82) is 0 Å². The van der Waals surface area contributed by atoms with Crippen LogP contribution in [0.4, 0.5) is 0 Å². The molecule has 2 amide bonds. The molecule has 10 nitrogen and oxygen atoms in total. The number of hydrogen-bond acceptors (Lipinski definition) is 8. The molecular weight excluding hydrogens is 574 g/mol. The number of nitrogens with one attached hydrogen (secondary N) is 2. The number of pyridine rings is 1. The lowest BCUT2D eigenvalue weighted by atomic mass is 10.1. The van der Waals surface area contributed by atoms with Gasteiger partial charge in [-0.05, 0) is 49.7 Å². The Balaban J connectivity index is 1.61. The summed E-state index contributed by atoms with van der Waals surface area (Å²) in [5.41, 5.74) is 1.28. The number of ether oxygens (including phenoxy) is 1. The molecule has 0 radical (unpaired) electrons. The van der Waals surface area contributed by atoms with Crippen molar-refractivity contribution in [2.75, 3.05) is 39.8 Å². The second-order valence-corrected chi connectivity index (χ2v) is 12.9. The smallest absolute Gasteiger partial charge is 0.261 e. The molecule has 4 rings (SSSR count). The molecule has 3 aromatic rings.